The van der Waals surface area contributed by atoms with Crippen LogP contribution in [0.25, 0.3) is 0 Å². The van der Waals surface area contributed by atoms with Crippen LogP contribution in [-0.2, 0) is 16.8 Å². The van der Waals surface area contributed by atoms with Gasteiger partial charge in [-0.3, -0.25) is 0 Å². The number of nitrogen functional groups attached to an aromatic ring is 1. The molecule has 0 aliphatic heterocycles. The molecular weight excluding hydrogens is 294 g/mol. The van der Waals surface area contributed by atoms with Crippen LogP contribution in [0.3, 0.4) is 0 Å². The first-order valence-electron chi connectivity index (χ1n) is 6.50. The highest BCUT2D eigenvalue weighted by atomic mass is 79.9. The molecule has 1 aromatic rings. The van der Waals surface area contributed by atoms with Crippen LogP contribution in [0.15, 0.2) is 4.47 Å². The summed E-state index contributed by atoms with van der Waals surface area (Å²) in [4.78, 5) is 9.12. The average Bonchev–Trinajstić information content (AvgIpc) is 2.85. The normalized spacial score (nSPS) is 18.2. The first kappa shape index (κ1) is 13.7. The number of aryl methyl sites for hydroxylation is 1. The molecule has 1 fully saturated rings. The Morgan fingerprint density at radius 2 is 2.00 bits per heavy atom. The molecule has 100 valence electrons. The SMILES string of the molecule is CCCc1nc(C2(OC)CCCC2)nc(N)c1Br. The maximum atomic E-state index is 5.98. The maximum absolute atomic E-state index is 5.98. The molecule has 0 spiro atoms. The summed E-state index contributed by atoms with van der Waals surface area (Å²) in [6.07, 6.45) is 6.23. The summed E-state index contributed by atoms with van der Waals surface area (Å²) in [5.41, 5.74) is 6.65. The largest absolute Gasteiger partial charge is 0.383 e. The van der Waals surface area contributed by atoms with Crippen LogP contribution in [0.4, 0.5) is 5.82 Å². The number of rotatable bonds is 4. The Hall–Kier alpha value is -0.680. The minimum absolute atomic E-state index is 0.322. The van der Waals surface area contributed by atoms with Crippen molar-refractivity contribution in [3.63, 3.8) is 0 Å². The van der Waals surface area contributed by atoms with Crippen molar-refractivity contribution in [2.24, 2.45) is 0 Å². The summed E-state index contributed by atoms with van der Waals surface area (Å²) < 4.78 is 6.55. The highest BCUT2D eigenvalue weighted by Gasteiger charge is 2.39. The summed E-state index contributed by atoms with van der Waals surface area (Å²) in [5, 5.41) is 0. The van der Waals surface area contributed by atoms with Crippen molar-refractivity contribution in [1.29, 1.82) is 0 Å². The third kappa shape index (κ3) is 2.38. The zero-order valence-corrected chi connectivity index (χ0v) is 12.6. The van der Waals surface area contributed by atoms with Gasteiger partial charge < -0.3 is 10.5 Å². The molecule has 18 heavy (non-hydrogen) atoms. The number of methoxy groups -OCH3 is 1. The maximum Gasteiger partial charge on any atom is 0.162 e. The quantitative estimate of drug-likeness (QED) is 0.927. The van der Waals surface area contributed by atoms with Gasteiger partial charge in [-0.15, -0.1) is 0 Å². The predicted octanol–water partition coefficient (Wildman–Crippen LogP) is 3.19. The minimum atomic E-state index is -0.322. The molecule has 2 rings (SSSR count). The van der Waals surface area contributed by atoms with E-state index in [0.717, 1.165) is 54.5 Å². The molecule has 1 aliphatic carbocycles. The molecule has 1 aromatic heterocycles. The van der Waals surface area contributed by atoms with E-state index in [1.54, 1.807) is 7.11 Å². The molecule has 5 heteroatoms. The fourth-order valence-corrected chi connectivity index (χ4v) is 2.96. The van der Waals surface area contributed by atoms with Crippen molar-refractivity contribution in [2.45, 2.75) is 51.0 Å². The summed E-state index contributed by atoms with van der Waals surface area (Å²) in [6, 6.07) is 0. The van der Waals surface area contributed by atoms with E-state index < -0.39 is 0 Å². The Balaban J connectivity index is 2.44. The van der Waals surface area contributed by atoms with Gasteiger partial charge in [-0.2, -0.15) is 0 Å². The number of aromatic nitrogens is 2. The van der Waals surface area contributed by atoms with Crippen molar-refractivity contribution in [3.05, 3.63) is 16.0 Å². The van der Waals surface area contributed by atoms with Crippen LogP contribution in [0.5, 0.6) is 0 Å². The van der Waals surface area contributed by atoms with Crippen LogP contribution >= 0.6 is 15.9 Å². The van der Waals surface area contributed by atoms with Crippen LogP contribution < -0.4 is 5.73 Å². The van der Waals surface area contributed by atoms with Crippen LogP contribution in [0.2, 0.25) is 0 Å². The van der Waals surface area contributed by atoms with Crippen molar-refractivity contribution in [2.75, 3.05) is 12.8 Å². The predicted molar refractivity (Wildman–Crippen MR) is 75.3 cm³/mol. The third-order valence-electron chi connectivity index (χ3n) is 3.64. The molecule has 1 heterocycles. The molecule has 0 atom stereocenters. The highest BCUT2D eigenvalue weighted by Crippen LogP contribution is 2.41. The van der Waals surface area contributed by atoms with Gasteiger partial charge in [0.15, 0.2) is 5.82 Å². The first-order valence-corrected chi connectivity index (χ1v) is 7.30. The molecule has 0 saturated heterocycles. The topological polar surface area (TPSA) is 61.0 Å². The lowest BCUT2D eigenvalue weighted by molar-refractivity contribution is -0.0163. The standard InChI is InChI=1S/C13H20BrN3O/c1-3-6-9-10(14)11(15)17-12(16-9)13(18-2)7-4-5-8-13/h3-8H2,1-2H3,(H2,15,16,17). The lowest BCUT2D eigenvalue weighted by Crippen LogP contribution is -2.28. The van der Waals surface area contributed by atoms with E-state index in [9.17, 15) is 0 Å². The molecule has 0 radical (unpaired) electrons. The van der Waals surface area contributed by atoms with Crippen LogP contribution in [-0.4, -0.2) is 17.1 Å². The van der Waals surface area contributed by atoms with Gasteiger partial charge in [0, 0.05) is 7.11 Å². The smallest absolute Gasteiger partial charge is 0.162 e. The van der Waals surface area contributed by atoms with Crippen LogP contribution in [0.1, 0.15) is 50.5 Å². The fourth-order valence-electron chi connectivity index (χ4n) is 2.58. The van der Waals surface area contributed by atoms with E-state index in [4.69, 9.17) is 10.5 Å². The third-order valence-corrected chi connectivity index (χ3v) is 4.51. The van der Waals surface area contributed by atoms with Gasteiger partial charge in [-0.05, 0) is 48.0 Å². The number of halogens is 1. The first-order chi connectivity index (χ1) is 8.63. The number of ether oxygens (including phenoxy) is 1. The number of hydrogen-bond donors (Lipinski definition) is 1. The van der Waals surface area contributed by atoms with Crippen molar-refractivity contribution in [3.8, 4) is 0 Å². The second kappa shape index (κ2) is 5.53. The van der Waals surface area contributed by atoms with Crippen molar-refractivity contribution >= 4 is 21.7 Å². The molecule has 1 aliphatic rings. The van der Waals surface area contributed by atoms with Gasteiger partial charge in [0.1, 0.15) is 11.4 Å². The van der Waals surface area contributed by atoms with Gasteiger partial charge in [0.25, 0.3) is 0 Å². The van der Waals surface area contributed by atoms with Crippen LogP contribution in [0, 0.1) is 0 Å². The molecule has 0 aromatic carbocycles. The van der Waals surface area contributed by atoms with Gasteiger partial charge in [0.2, 0.25) is 0 Å². The highest BCUT2D eigenvalue weighted by molar-refractivity contribution is 9.10. The minimum Gasteiger partial charge on any atom is -0.383 e. The number of anilines is 1. The van der Waals surface area contributed by atoms with Crippen molar-refractivity contribution in [1.82, 2.24) is 9.97 Å². The Kier molecular flexibility index (Phi) is 4.22. The zero-order valence-electron chi connectivity index (χ0n) is 11.0. The van der Waals surface area contributed by atoms with E-state index in [0.29, 0.717) is 5.82 Å². The van der Waals surface area contributed by atoms with E-state index in [1.165, 1.54) is 0 Å². The summed E-state index contributed by atoms with van der Waals surface area (Å²) >= 11 is 3.47. The molecule has 1 saturated carbocycles. The Morgan fingerprint density at radius 3 is 2.56 bits per heavy atom. The summed E-state index contributed by atoms with van der Waals surface area (Å²) in [5.74, 6) is 1.28. The molecule has 4 nitrogen and oxygen atoms in total. The molecular formula is C13H20BrN3O. The Bertz CT molecular complexity index is 430. The monoisotopic (exact) mass is 313 g/mol. The average molecular weight is 314 g/mol. The molecule has 0 bridgehead atoms. The molecule has 0 amide bonds. The van der Waals surface area contributed by atoms with E-state index in [1.807, 2.05) is 0 Å². The second-order valence-corrected chi connectivity index (χ2v) is 5.64. The van der Waals surface area contributed by atoms with Gasteiger partial charge in [0.05, 0.1) is 10.2 Å². The molecule has 0 unspecified atom stereocenters. The number of hydrogen-bond acceptors (Lipinski definition) is 4. The Labute approximate surface area is 116 Å². The number of nitrogens with zero attached hydrogens (tertiary/aromatic N) is 2. The van der Waals surface area contributed by atoms with Crippen molar-refractivity contribution < 1.29 is 4.74 Å². The molecule has 2 N–H and O–H groups in total. The fraction of sp³-hybridized carbons (Fsp3) is 0.692. The van der Waals surface area contributed by atoms with E-state index in [-0.39, 0.29) is 5.60 Å². The van der Waals surface area contributed by atoms with Gasteiger partial charge >= 0.3 is 0 Å². The zero-order chi connectivity index (χ0) is 13.2. The number of nitrogens with two attached hydrogens (primary N) is 1. The van der Waals surface area contributed by atoms with Gasteiger partial charge in [-0.25, -0.2) is 9.97 Å². The van der Waals surface area contributed by atoms with E-state index in [2.05, 4.69) is 32.8 Å². The van der Waals surface area contributed by atoms with E-state index >= 15 is 0 Å². The summed E-state index contributed by atoms with van der Waals surface area (Å²) in [6.45, 7) is 2.13. The lowest BCUT2D eigenvalue weighted by atomic mass is 10.0. The summed E-state index contributed by atoms with van der Waals surface area (Å²) in [7, 11) is 1.74. The second-order valence-electron chi connectivity index (χ2n) is 4.85. The lowest BCUT2D eigenvalue weighted by Gasteiger charge is -2.26. The van der Waals surface area contributed by atoms with Gasteiger partial charge in [-0.1, -0.05) is 13.3 Å². The Morgan fingerprint density at radius 1 is 1.33 bits per heavy atom.